The number of hydrazine groups is 1. The molecule has 2 aliphatic heterocycles. The molecule has 0 saturated carbocycles. The average Bonchev–Trinajstić information content (AvgIpc) is 3.62. The Balaban J connectivity index is 1.55. The van der Waals surface area contributed by atoms with Crippen LogP contribution in [0.1, 0.15) is 25.8 Å². The summed E-state index contributed by atoms with van der Waals surface area (Å²) in [7, 11) is 2.01. The van der Waals surface area contributed by atoms with Crippen LogP contribution < -0.4 is 21.8 Å². The molecule has 12 nitrogen and oxygen atoms in total. The lowest BCUT2D eigenvalue weighted by atomic mass is 10.0. The number of nitrogens with two attached hydrogens (primary N) is 1. The van der Waals surface area contributed by atoms with E-state index in [9.17, 15) is 24.3 Å². The minimum absolute atomic E-state index is 0.0571. The van der Waals surface area contributed by atoms with Crippen molar-refractivity contribution in [2.75, 3.05) is 33.2 Å². The second kappa shape index (κ2) is 12.2. The third-order valence-electron chi connectivity index (χ3n) is 6.16. The molecule has 0 spiro atoms. The quantitative estimate of drug-likeness (QED) is 0.226. The topological polar surface area (TPSA) is 170 Å². The van der Waals surface area contributed by atoms with Gasteiger partial charge in [0.1, 0.15) is 17.8 Å². The van der Waals surface area contributed by atoms with E-state index in [1.807, 2.05) is 20.9 Å². The first-order chi connectivity index (χ1) is 17.0. The molecule has 36 heavy (non-hydrogen) atoms. The smallest absolute Gasteiger partial charge is 0.266 e. The maximum atomic E-state index is 13.0. The van der Waals surface area contributed by atoms with Crippen LogP contribution in [0, 0.1) is 5.92 Å². The van der Waals surface area contributed by atoms with Gasteiger partial charge >= 0.3 is 0 Å². The number of carbonyl (C=O) groups excluding carboxylic acids is 4. The van der Waals surface area contributed by atoms with E-state index >= 15 is 0 Å². The lowest BCUT2D eigenvalue weighted by Crippen LogP contribution is -2.55. The van der Waals surface area contributed by atoms with E-state index < -0.39 is 47.9 Å². The Morgan fingerprint density at radius 1 is 1.00 bits per heavy atom. The maximum Gasteiger partial charge on any atom is 0.266 e. The lowest BCUT2D eigenvalue weighted by Gasteiger charge is -2.32. The van der Waals surface area contributed by atoms with Gasteiger partial charge in [0.15, 0.2) is 12.2 Å². The number of nitrogens with one attached hydrogen (secondary N) is 3. The number of amides is 4. The lowest BCUT2D eigenvalue weighted by molar-refractivity contribution is -0.132. The highest BCUT2D eigenvalue weighted by Crippen LogP contribution is 2.23. The molecular weight excluding hydrogens is 468 g/mol. The van der Waals surface area contributed by atoms with Crippen LogP contribution in [0.3, 0.4) is 0 Å². The Morgan fingerprint density at radius 3 is 2.19 bits per heavy atom. The number of rotatable bonds is 11. The van der Waals surface area contributed by atoms with E-state index in [0.717, 1.165) is 13.1 Å². The molecule has 12 heteroatoms. The zero-order valence-electron chi connectivity index (χ0n) is 20.9. The van der Waals surface area contributed by atoms with Gasteiger partial charge in [-0.15, -0.1) is 0 Å². The summed E-state index contributed by atoms with van der Waals surface area (Å²) in [5.41, 5.74) is 8.97. The highest BCUT2D eigenvalue weighted by molar-refractivity contribution is 5.97. The van der Waals surface area contributed by atoms with Crippen molar-refractivity contribution in [1.82, 2.24) is 26.0 Å². The normalized spacial score (nSPS) is 21.9. The second-order valence-electron chi connectivity index (χ2n) is 9.77. The fraction of sp³-hybridized carbons (Fsp3) is 0.583. The standard InChI is InChI=1S/C24H36N6O6/c1-14(2)12-18(22(33)26-17(21(25)32)13-15-4-6-16(31)7-5-15)27-23(34)19-20(36-19)24(35)28-30-10-8-29(3)9-11-30/h4-7,14,17-20,31H,8-13H2,1-3H3,(H2,25,32)(H,26,33)(H,27,34)(H,28,35)/t17-,18-,19-,20-/m0/s1. The van der Waals surface area contributed by atoms with E-state index in [1.54, 1.807) is 17.1 Å². The van der Waals surface area contributed by atoms with Crippen LogP contribution in [0.5, 0.6) is 5.75 Å². The fourth-order valence-corrected chi connectivity index (χ4v) is 3.97. The number of hydrogen-bond acceptors (Lipinski definition) is 8. The molecule has 0 aliphatic carbocycles. The Morgan fingerprint density at radius 2 is 1.61 bits per heavy atom. The Labute approximate surface area is 210 Å². The first kappa shape index (κ1) is 27.4. The van der Waals surface area contributed by atoms with Crippen molar-refractivity contribution in [2.24, 2.45) is 11.7 Å². The molecule has 4 amide bonds. The van der Waals surface area contributed by atoms with Crippen molar-refractivity contribution in [1.29, 1.82) is 0 Å². The van der Waals surface area contributed by atoms with Gasteiger partial charge in [-0.1, -0.05) is 26.0 Å². The summed E-state index contributed by atoms with van der Waals surface area (Å²) in [6.45, 7) is 6.78. The minimum Gasteiger partial charge on any atom is -0.508 e. The predicted molar refractivity (Wildman–Crippen MR) is 130 cm³/mol. The third kappa shape index (κ3) is 7.90. The molecular formula is C24H36N6O6. The van der Waals surface area contributed by atoms with Crippen molar-refractivity contribution in [3.05, 3.63) is 29.8 Å². The number of epoxide rings is 1. The predicted octanol–water partition coefficient (Wildman–Crippen LogP) is -1.52. The molecule has 1 aromatic carbocycles. The van der Waals surface area contributed by atoms with Crippen LogP contribution in [0.15, 0.2) is 24.3 Å². The number of nitrogens with zero attached hydrogens (tertiary/aromatic N) is 2. The number of likely N-dealkylation sites (N-methyl/N-ethyl adjacent to an activating group) is 1. The Kier molecular flexibility index (Phi) is 9.24. The van der Waals surface area contributed by atoms with Crippen molar-refractivity contribution in [3.63, 3.8) is 0 Å². The Hall–Kier alpha value is -3.22. The van der Waals surface area contributed by atoms with Gasteiger partial charge in [0.05, 0.1) is 0 Å². The summed E-state index contributed by atoms with van der Waals surface area (Å²) >= 11 is 0. The third-order valence-corrected chi connectivity index (χ3v) is 6.16. The molecule has 2 aliphatic rings. The van der Waals surface area contributed by atoms with Gasteiger partial charge in [-0.2, -0.15) is 0 Å². The molecule has 2 heterocycles. The van der Waals surface area contributed by atoms with Crippen LogP contribution >= 0.6 is 0 Å². The highest BCUT2D eigenvalue weighted by atomic mass is 16.6. The molecule has 0 radical (unpaired) electrons. The first-order valence-corrected chi connectivity index (χ1v) is 12.1. The molecule has 198 valence electrons. The molecule has 2 saturated heterocycles. The molecule has 0 aromatic heterocycles. The SMILES string of the molecule is CC(C)C[C@H](NC(=O)[C@H]1O[C@@H]1C(=O)NN1CCN(C)CC1)C(=O)N[C@@H](Cc1ccc(O)cc1)C(N)=O. The van der Waals surface area contributed by atoms with Crippen LogP contribution in [0.4, 0.5) is 0 Å². The summed E-state index contributed by atoms with van der Waals surface area (Å²) < 4.78 is 5.31. The number of piperazine rings is 1. The van der Waals surface area contributed by atoms with Gasteiger partial charge in [-0.25, -0.2) is 5.01 Å². The molecule has 6 N–H and O–H groups in total. The largest absolute Gasteiger partial charge is 0.508 e. The molecule has 4 atom stereocenters. The van der Waals surface area contributed by atoms with Gasteiger partial charge in [-0.05, 0) is 37.1 Å². The summed E-state index contributed by atoms with van der Waals surface area (Å²) in [6, 6.07) is 4.26. The highest BCUT2D eigenvalue weighted by Gasteiger charge is 2.51. The molecule has 1 aromatic rings. The average molecular weight is 505 g/mol. The maximum absolute atomic E-state index is 13.0. The van der Waals surface area contributed by atoms with Crippen molar-refractivity contribution >= 4 is 23.6 Å². The molecule has 3 rings (SSSR count). The van der Waals surface area contributed by atoms with Gasteiger partial charge in [0, 0.05) is 32.6 Å². The number of ether oxygens (including phenoxy) is 1. The zero-order chi connectivity index (χ0) is 26.4. The molecule has 0 unspecified atom stereocenters. The van der Waals surface area contributed by atoms with Crippen LogP contribution in [-0.2, 0) is 30.3 Å². The number of hydrogen-bond donors (Lipinski definition) is 5. The van der Waals surface area contributed by atoms with Crippen LogP contribution in [0.25, 0.3) is 0 Å². The van der Waals surface area contributed by atoms with Gasteiger partial charge in [-0.3, -0.25) is 24.6 Å². The van der Waals surface area contributed by atoms with Crippen molar-refractivity contribution < 1.29 is 29.0 Å². The van der Waals surface area contributed by atoms with E-state index in [4.69, 9.17) is 10.5 Å². The Bertz CT molecular complexity index is 947. The first-order valence-electron chi connectivity index (χ1n) is 12.1. The van der Waals surface area contributed by atoms with Gasteiger partial charge in [0.2, 0.25) is 11.8 Å². The van der Waals surface area contributed by atoms with Crippen molar-refractivity contribution in [2.45, 2.75) is 51.0 Å². The summed E-state index contributed by atoms with van der Waals surface area (Å²) in [5, 5.41) is 16.5. The summed E-state index contributed by atoms with van der Waals surface area (Å²) in [6.07, 6.45) is -1.46. The van der Waals surface area contributed by atoms with E-state index in [2.05, 4.69) is 21.0 Å². The van der Waals surface area contributed by atoms with Gasteiger partial charge in [0.25, 0.3) is 11.8 Å². The number of phenols is 1. The van der Waals surface area contributed by atoms with E-state index in [1.165, 1.54) is 12.1 Å². The summed E-state index contributed by atoms with van der Waals surface area (Å²) in [5.74, 6) is -2.11. The minimum atomic E-state index is -1.01. The number of aromatic hydroxyl groups is 1. The molecule has 0 bridgehead atoms. The van der Waals surface area contributed by atoms with Gasteiger partial charge < -0.3 is 31.1 Å². The number of carbonyl (C=O) groups is 4. The number of phenolic OH excluding ortho intramolecular Hbond substituents is 1. The van der Waals surface area contributed by atoms with Crippen LogP contribution in [-0.4, -0.2) is 96.2 Å². The number of primary amides is 1. The van der Waals surface area contributed by atoms with Crippen LogP contribution in [0.2, 0.25) is 0 Å². The second-order valence-corrected chi connectivity index (χ2v) is 9.77. The molecule has 2 fully saturated rings. The van der Waals surface area contributed by atoms with E-state index in [-0.39, 0.29) is 18.1 Å². The summed E-state index contributed by atoms with van der Waals surface area (Å²) in [4.78, 5) is 52.4. The van der Waals surface area contributed by atoms with E-state index in [0.29, 0.717) is 25.1 Å². The number of benzene rings is 1. The zero-order valence-corrected chi connectivity index (χ0v) is 20.9. The monoisotopic (exact) mass is 504 g/mol. The fourth-order valence-electron chi connectivity index (χ4n) is 3.97. The van der Waals surface area contributed by atoms with Crippen molar-refractivity contribution in [3.8, 4) is 5.75 Å².